The molecule has 2 amide bonds. The second-order valence-corrected chi connectivity index (χ2v) is 9.34. The van der Waals surface area contributed by atoms with Gasteiger partial charge in [0.25, 0.3) is 0 Å². The molecular weight excluding hydrogens is 452 g/mol. The number of amides is 2. The summed E-state index contributed by atoms with van der Waals surface area (Å²) in [5.41, 5.74) is 2.02. The van der Waals surface area contributed by atoms with Crippen molar-refractivity contribution in [3.8, 4) is 6.01 Å². The van der Waals surface area contributed by atoms with Crippen molar-refractivity contribution in [3.05, 3.63) is 53.9 Å². The normalized spacial score (nSPS) is 21.2. The Morgan fingerprint density at radius 2 is 1.79 bits per heavy atom. The minimum absolute atomic E-state index is 0.00706. The molecule has 8 nitrogen and oxygen atoms in total. The van der Waals surface area contributed by atoms with Crippen LogP contribution >= 0.6 is 11.6 Å². The summed E-state index contributed by atoms with van der Waals surface area (Å²) in [4.78, 5) is 30.1. The van der Waals surface area contributed by atoms with Crippen LogP contribution in [0.25, 0.3) is 10.9 Å². The number of fused-ring (bicyclic) bond motifs is 1. The zero-order chi connectivity index (χ0) is 23.3. The van der Waals surface area contributed by atoms with Gasteiger partial charge >= 0.3 is 12.0 Å². The van der Waals surface area contributed by atoms with Crippen molar-refractivity contribution < 1.29 is 9.53 Å². The smallest absolute Gasteiger partial charge is 0.317 e. The Morgan fingerprint density at radius 3 is 2.62 bits per heavy atom. The number of rotatable bonds is 4. The monoisotopic (exact) mass is 480 g/mol. The first-order valence-corrected chi connectivity index (χ1v) is 12.3. The van der Waals surface area contributed by atoms with Crippen molar-refractivity contribution in [2.75, 3.05) is 31.1 Å². The van der Waals surface area contributed by atoms with E-state index in [9.17, 15) is 4.79 Å². The Bertz CT molecular complexity index is 1120. The van der Waals surface area contributed by atoms with Gasteiger partial charge in [0, 0.05) is 73.3 Å². The third-order valence-electron chi connectivity index (χ3n) is 6.61. The maximum absolute atomic E-state index is 13.0. The van der Waals surface area contributed by atoms with Crippen molar-refractivity contribution in [2.45, 2.75) is 44.2 Å². The highest BCUT2D eigenvalue weighted by molar-refractivity contribution is 6.31. The van der Waals surface area contributed by atoms with Crippen LogP contribution in [0.5, 0.6) is 6.01 Å². The lowest BCUT2D eigenvalue weighted by atomic mass is 10.1. The number of carbonyl (C=O) groups excluding carboxylic acids is 1. The van der Waals surface area contributed by atoms with Gasteiger partial charge in [-0.2, -0.15) is 0 Å². The SMILES string of the molecule is O=C(NC1CCCCC(Oc2ncccn2)C1)N1CCN(c2ccnc3cc(Cl)ccc23)CC1. The van der Waals surface area contributed by atoms with E-state index in [0.29, 0.717) is 24.1 Å². The summed E-state index contributed by atoms with van der Waals surface area (Å²) < 4.78 is 5.99. The second kappa shape index (κ2) is 10.4. The number of anilines is 1. The molecule has 2 atom stereocenters. The molecule has 1 aliphatic carbocycles. The molecule has 2 unspecified atom stereocenters. The lowest BCUT2D eigenvalue weighted by Gasteiger charge is -2.37. The summed E-state index contributed by atoms with van der Waals surface area (Å²) in [6, 6.07) is 10.1. The zero-order valence-electron chi connectivity index (χ0n) is 19.1. The topological polar surface area (TPSA) is 83.5 Å². The molecular formula is C25H29ClN6O2. The van der Waals surface area contributed by atoms with E-state index in [4.69, 9.17) is 16.3 Å². The Morgan fingerprint density at radius 1 is 1.00 bits per heavy atom. The van der Waals surface area contributed by atoms with Crippen LogP contribution in [0.3, 0.4) is 0 Å². The van der Waals surface area contributed by atoms with Crippen molar-refractivity contribution in [3.63, 3.8) is 0 Å². The summed E-state index contributed by atoms with van der Waals surface area (Å²) in [5, 5.41) is 5.02. The van der Waals surface area contributed by atoms with Crippen LogP contribution in [-0.2, 0) is 0 Å². The summed E-state index contributed by atoms with van der Waals surface area (Å²) in [6.07, 6.45) is 10.0. The van der Waals surface area contributed by atoms with Gasteiger partial charge in [-0.25, -0.2) is 14.8 Å². The molecule has 0 bridgehead atoms. The number of nitrogens with zero attached hydrogens (tertiary/aromatic N) is 5. The average Bonchev–Trinajstić information content (AvgIpc) is 3.09. The van der Waals surface area contributed by atoms with Crippen molar-refractivity contribution in [2.24, 2.45) is 0 Å². The Hall–Kier alpha value is -3.13. The first-order chi connectivity index (χ1) is 16.7. The number of hydrogen-bond acceptors (Lipinski definition) is 6. The highest BCUT2D eigenvalue weighted by atomic mass is 35.5. The molecule has 0 radical (unpaired) electrons. The van der Waals surface area contributed by atoms with Crippen LogP contribution in [0.4, 0.5) is 10.5 Å². The van der Waals surface area contributed by atoms with Gasteiger partial charge in [-0.15, -0.1) is 0 Å². The number of carbonyl (C=O) groups is 1. The molecule has 0 spiro atoms. The fourth-order valence-corrected chi connectivity index (χ4v) is 5.01. The second-order valence-electron chi connectivity index (χ2n) is 8.90. The van der Waals surface area contributed by atoms with E-state index in [1.54, 1.807) is 18.5 Å². The third kappa shape index (κ3) is 5.33. The largest absolute Gasteiger partial charge is 0.460 e. The molecule has 3 heterocycles. The number of piperazine rings is 1. The Balaban J connectivity index is 1.17. The van der Waals surface area contributed by atoms with Gasteiger partial charge in [0.2, 0.25) is 0 Å². The van der Waals surface area contributed by atoms with Crippen molar-refractivity contribution >= 4 is 34.2 Å². The van der Waals surface area contributed by atoms with E-state index in [0.717, 1.165) is 61.8 Å². The summed E-state index contributed by atoms with van der Waals surface area (Å²) in [6.45, 7) is 2.90. The molecule has 34 heavy (non-hydrogen) atoms. The van der Waals surface area contributed by atoms with Gasteiger partial charge in [-0.05, 0) is 49.6 Å². The van der Waals surface area contributed by atoms with Crippen LogP contribution < -0.4 is 15.0 Å². The van der Waals surface area contributed by atoms with Gasteiger partial charge in [0.1, 0.15) is 6.10 Å². The third-order valence-corrected chi connectivity index (χ3v) is 6.84. The number of nitrogens with one attached hydrogen (secondary N) is 1. The lowest BCUT2D eigenvalue weighted by molar-refractivity contribution is 0.153. The van der Waals surface area contributed by atoms with Gasteiger partial charge in [-0.1, -0.05) is 18.0 Å². The lowest BCUT2D eigenvalue weighted by Crippen LogP contribution is -2.53. The van der Waals surface area contributed by atoms with Crippen LogP contribution in [-0.4, -0.2) is 64.2 Å². The number of ether oxygens (including phenoxy) is 1. The van der Waals surface area contributed by atoms with Crippen LogP contribution in [0.2, 0.25) is 5.02 Å². The van der Waals surface area contributed by atoms with E-state index >= 15 is 0 Å². The fourth-order valence-electron chi connectivity index (χ4n) is 4.85. The van der Waals surface area contributed by atoms with Gasteiger partial charge in [0.05, 0.1) is 5.52 Å². The number of aromatic nitrogens is 3. The predicted molar refractivity (Wildman–Crippen MR) is 132 cm³/mol. The molecule has 3 aromatic rings. The van der Waals surface area contributed by atoms with Crippen molar-refractivity contribution in [1.82, 2.24) is 25.2 Å². The Labute approximate surface area is 204 Å². The van der Waals surface area contributed by atoms with Gasteiger partial charge in [0.15, 0.2) is 0 Å². The van der Waals surface area contributed by atoms with Crippen LogP contribution in [0.1, 0.15) is 32.1 Å². The highest BCUT2D eigenvalue weighted by Gasteiger charge is 2.27. The van der Waals surface area contributed by atoms with Crippen LogP contribution in [0, 0.1) is 0 Å². The van der Waals surface area contributed by atoms with E-state index in [1.165, 1.54) is 0 Å². The number of benzene rings is 1. The predicted octanol–water partition coefficient (Wildman–Crippen LogP) is 4.29. The summed E-state index contributed by atoms with van der Waals surface area (Å²) >= 11 is 6.13. The summed E-state index contributed by atoms with van der Waals surface area (Å²) in [5.74, 6) is 0. The van der Waals surface area contributed by atoms with Gasteiger partial charge < -0.3 is 19.9 Å². The maximum atomic E-state index is 13.0. The van der Waals surface area contributed by atoms with E-state index in [2.05, 4.69) is 25.2 Å². The molecule has 1 aliphatic heterocycles. The molecule has 2 aromatic heterocycles. The van der Waals surface area contributed by atoms with E-state index in [-0.39, 0.29) is 18.2 Å². The quantitative estimate of drug-likeness (QED) is 0.561. The minimum Gasteiger partial charge on any atom is -0.460 e. The van der Waals surface area contributed by atoms with E-state index < -0.39 is 0 Å². The molecule has 178 valence electrons. The standard InChI is InChI=1S/C25H29ClN6O2/c26-18-6-7-21-22(16-18)27-11-8-23(21)31-12-14-32(15-13-31)25(33)30-19-4-1-2-5-20(17-19)34-24-28-9-3-10-29-24/h3,6-11,16,19-20H,1-2,4-5,12-15,17H2,(H,30,33). The minimum atomic E-state index is 0.00706. The molecule has 1 saturated heterocycles. The fraction of sp³-hybridized carbons (Fsp3) is 0.440. The number of halogens is 1. The number of urea groups is 1. The molecule has 2 fully saturated rings. The van der Waals surface area contributed by atoms with Gasteiger partial charge in [-0.3, -0.25) is 4.98 Å². The molecule has 1 saturated carbocycles. The molecule has 5 rings (SSSR count). The molecule has 1 N–H and O–H groups in total. The number of hydrogen-bond donors (Lipinski definition) is 1. The zero-order valence-corrected chi connectivity index (χ0v) is 19.8. The maximum Gasteiger partial charge on any atom is 0.317 e. The van der Waals surface area contributed by atoms with Crippen LogP contribution in [0.15, 0.2) is 48.9 Å². The molecule has 1 aromatic carbocycles. The highest BCUT2D eigenvalue weighted by Crippen LogP contribution is 2.28. The first-order valence-electron chi connectivity index (χ1n) is 11.9. The van der Waals surface area contributed by atoms with E-state index in [1.807, 2.05) is 35.4 Å². The molecule has 9 heteroatoms. The Kier molecular flexibility index (Phi) is 6.94. The summed E-state index contributed by atoms with van der Waals surface area (Å²) in [7, 11) is 0. The number of pyridine rings is 1. The average molecular weight is 481 g/mol. The van der Waals surface area contributed by atoms with Crippen molar-refractivity contribution in [1.29, 1.82) is 0 Å². The molecule has 2 aliphatic rings. The first kappa shape index (κ1) is 22.7.